The first-order chi connectivity index (χ1) is 13.3. The first-order valence-electron chi connectivity index (χ1n) is 9.49. The summed E-state index contributed by atoms with van der Waals surface area (Å²) in [7, 11) is 0. The third-order valence-electron chi connectivity index (χ3n) is 3.93. The van der Waals surface area contributed by atoms with Gasteiger partial charge in [0.25, 0.3) is 5.91 Å². The molecule has 0 saturated carbocycles. The van der Waals surface area contributed by atoms with Crippen molar-refractivity contribution in [1.29, 1.82) is 0 Å². The zero-order chi connectivity index (χ0) is 20.5. The Bertz CT molecular complexity index is 803. The number of benzene rings is 2. The quantitative estimate of drug-likeness (QED) is 0.643. The highest BCUT2D eigenvalue weighted by Crippen LogP contribution is 2.13. The summed E-state index contributed by atoms with van der Waals surface area (Å²) in [6.07, 6.45) is 0.144. The van der Waals surface area contributed by atoms with Crippen LogP contribution in [0, 0.1) is 0 Å². The van der Waals surface area contributed by atoms with Crippen LogP contribution in [0.5, 0.6) is 0 Å². The molecule has 0 unspecified atom stereocenters. The summed E-state index contributed by atoms with van der Waals surface area (Å²) in [5, 5.41) is 8.42. The number of amides is 3. The maximum absolute atomic E-state index is 12.5. The Morgan fingerprint density at radius 1 is 0.964 bits per heavy atom. The minimum Gasteiger partial charge on any atom is -0.374 e. The molecule has 0 aliphatic carbocycles. The molecule has 0 atom stereocenters. The van der Waals surface area contributed by atoms with Crippen LogP contribution in [-0.4, -0.2) is 24.1 Å². The maximum atomic E-state index is 12.5. The van der Waals surface area contributed by atoms with E-state index >= 15 is 0 Å². The topological polar surface area (TPSA) is 79.5 Å². The van der Waals surface area contributed by atoms with Crippen LogP contribution in [-0.2, 0) is 17.9 Å². The summed E-state index contributed by atoms with van der Waals surface area (Å²) >= 11 is 0. The molecule has 0 spiro atoms. The second kappa shape index (κ2) is 10.5. The Hall–Kier alpha value is -2.86. The van der Waals surface area contributed by atoms with Gasteiger partial charge >= 0.3 is 6.03 Å². The second-order valence-electron chi connectivity index (χ2n) is 7.15. The number of rotatable bonds is 8. The predicted molar refractivity (Wildman–Crippen MR) is 111 cm³/mol. The minimum atomic E-state index is -0.299. The average Bonchev–Trinajstić information content (AvgIpc) is 2.64. The molecule has 28 heavy (non-hydrogen) atoms. The molecular formula is C22H29N3O3. The summed E-state index contributed by atoms with van der Waals surface area (Å²) in [4.78, 5) is 24.4. The van der Waals surface area contributed by atoms with Crippen molar-refractivity contribution >= 4 is 17.6 Å². The molecule has 6 heteroatoms. The van der Waals surface area contributed by atoms with Crippen molar-refractivity contribution in [3.8, 4) is 0 Å². The number of carbonyl (C=O) groups is 2. The lowest BCUT2D eigenvalue weighted by Gasteiger charge is -2.13. The summed E-state index contributed by atoms with van der Waals surface area (Å²) in [5.41, 5.74) is 3.12. The van der Waals surface area contributed by atoms with E-state index in [0.717, 1.165) is 11.1 Å². The smallest absolute Gasteiger partial charge is 0.319 e. The largest absolute Gasteiger partial charge is 0.374 e. The lowest BCUT2D eigenvalue weighted by molar-refractivity contribution is 0.0651. The van der Waals surface area contributed by atoms with Crippen molar-refractivity contribution in [2.24, 2.45) is 0 Å². The molecule has 0 bridgehead atoms. The molecule has 150 valence electrons. The van der Waals surface area contributed by atoms with Crippen molar-refractivity contribution in [2.75, 3.05) is 5.32 Å². The van der Waals surface area contributed by atoms with E-state index in [1.165, 1.54) is 0 Å². The Morgan fingerprint density at radius 2 is 1.68 bits per heavy atom. The monoisotopic (exact) mass is 383 g/mol. The van der Waals surface area contributed by atoms with E-state index in [1.807, 2.05) is 52.0 Å². The van der Waals surface area contributed by atoms with Crippen LogP contribution >= 0.6 is 0 Å². The van der Waals surface area contributed by atoms with Crippen LogP contribution in [0.25, 0.3) is 0 Å². The molecule has 3 amide bonds. The van der Waals surface area contributed by atoms with Gasteiger partial charge in [-0.2, -0.15) is 0 Å². The fraction of sp³-hybridized carbons (Fsp3) is 0.364. The van der Waals surface area contributed by atoms with Crippen molar-refractivity contribution in [3.63, 3.8) is 0 Å². The highest BCUT2D eigenvalue weighted by molar-refractivity contribution is 5.96. The summed E-state index contributed by atoms with van der Waals surface area (Å²) in [6.45, 7) is 8.66. The third kappa shape index (κ3) is 7.04. The number of anilines is 1. The van der Waals surface area contributed by atoms with Crippen LogP contribution in [0.2, 0.25) is 0 Å². The molecule has 0 aromatic heterocycles. The molecule has 0 aliphatic heterocycles. The molecule has 2 rings (SSSR count). The normalized spacial score (nSPS) is 10.8. The molecule has 0 aliphatic rings. The van der Waals surface area contributed by atoms with Gasteiger partial charge in [-0.3, -0.25) is 4.79 Å². The van der Waals surface area contributed by atoms with Gasteiger partial charge in [0.05, 0.1) is 12.7 Å². The third-order valence-corrected chi connectivity index (χ3v) is 3.93. The van der Waals surface area contributed by atoms with E-state index in [9.17, 15) is 9.59 Å². The highest BCUT2D eigenvalue weighted by Gasteiger charge is 2.10. The zero-order valence-corrected chi connectivity index (χ0v) is 16.9. The van der Waals surface area contributed by atoms with Gasteiger partial charge in [0.2, 0.25) is 0 Å². The molecule has 6 nitrogen and oxygen atoms in total. The summed E-state index contributed by atoms with van der Waals surface area (Å²) in [5.74, 6) is -0.201. The van der Waals surface area contributed by atoms with Gasteiger partial charge in [0.15, 0.2) is 0 Å². The predicted octanol–water partition coefficient (Wildman–Crippen LogP) is 4.07. The van der Waals surface area contributed by atoms with Gasteiger partial charge in [-0.15, -0.1) is 0 Å². The number of urea groups is 1. The molecule has 0 saturated heterocycles. The van der Waals surface area contributed by atoms with Crippen molar-refractivity contribution in [2.45, 2.75) is 53.0 Å². The minimum absolute atomic E-state index is 0.0335. The number of hydrogen-bond acceptors (Lipinski definition) is 3. The average molecular weight is 383 g/mol. The van der Waals surface area contributed by atoms with E-state index < -0.39 is 0 Å². The van der Waals surface area contributed by atoms with E-state index in [4.69, 9.17) is 4.74 Å². The van der Waals surface area contributed by atoms with E-state index in [2.05, 4.69) is 16.0 Å². The van der Waals surface area contributed by atoms with Gasteiger partial charge in [0.1, 0.15) is 0 Å². The van der Waals surface area contributed by atoms with Crippen LogP contribution in [0.4, 0.5) is 10.5 Å². The number of hydrogen-bond donors (Lipinski definition) is 3. The lowest BCUT2D eigenvalue weighted by atomic mass is 10.1. The summed E-state index contributed by atoms with van der Waals surface area (Å²) in [6, 6.07) is 14.5. The van der Waals surface area contributed by atoms with Gasteiger partial charge in [-0.1, -0.05) is 30.3 Å². The molecule has 0 heterocycles. The first-order valence-corrected chi connectivity index (χ1v) is 9.49. The van der Waals surface area contributed by atoms with E-state index in [0.29, 0.717) is 24.4 Å². The Morgan fingerprint density at radius 3 is 2.36 bits per heavy atom. The van der Waals surface area contributed by atoms with Crippen molar-refractivity contribution in [1.82, 2.24) is 10.6 Å². The number of ether oxygens (including phenoxy) is 1. The maximum Gasteiger partial charge on any atom is 0.319 e. The Kier molecular flexibility index (Phi) is 8.02. The van der Waals surface area contributed by atoms with Crippen LogP contribution in [0.15, 0.2) is 48.5 Å². The van der Waals surface area contributed by atoms with E-state index in [1.54, 1.807) is 24.3 Å². The van der Waals surface area contributed by atoms with Gasteiger partial charge in [0, 0.05) is 23.8 Å². The van der Waals surface area contributed by atoms with Crippen molar-refractivity contribution in [3.05, 3.63) is 65.2 Å². The van der Waals surface area contributed by atoms with Crippen LogP contribution < -0.4 is 16.0 Å². The fourth-order valence-electron chi connectivity index (χ4n) is 2.57. The van der Waals surface area contributed by atoms with Gasteiger partial charge < -0.3 is 20.7 Å². The second-order valence-corrected chi connectivity index (χ2v) is 7.15. The first kappa shape index (κ1) is 21.4. The zero-order valence-electron chi connectivity index (χ0n) is 16.9. The molecule has 0 radical (unpaired) electrons. The molecule has 3 N–H and O–H groups in total. The Balaban J connectivity index is 1.98. The fourth-order valence-corrected chi connectivity index (χ4v) is 2.57. The lowest BCUT2D eigenvalue weighted by Crippen LogP contribution is -2.34. The van der Waals surface area contributed by atoms with E-state index in [-0.39, 0.29) is 24.1 Å². The van der Waals surface area contributed by atoms with Gasteiger partial charge in [-0.25, -0.2) is 4.79 Å². The Labute approximate surface area is 166 Å². The van der Waals surface area contributed by atoms with Crippen molar-refractivity contribution < 1.29 is 14.3 Å². The van der Waals surface area contributed by atoms with Gasteiger partial charge in [-0.05, 0) is 57.0 Å². The molecular weight excluding hydrogens is 354 g/mol. The summed E-state index contributed by atoms with van der Waals surface area (Å²) < 4.78 is 5.68. The SMILES string of the molecule is CC(C)NC(=O)Nc1cccc(C(=O)NCc2ccccc2COC(C)C)c1. The van der Waals surface area contributed by atoms with Crippen LogP contribution in [0.3, 0.4) is 0 Å². The molecule has 2 aromatic carbocycles. The number of nitrogens with one attached hydrogen (secondary N) is 3. The molecule has 2 aromatic rings. The highest BCUT2D eigenvalue weighted by atomic mass is 16.5. The van der Waals surface area contributed by atoms with Crippen LogP contribution in [0.1, 0.15) is 49.2 Å². The molecule has 0 fully saturated rings. The number of carbonyl (C=O) groups excluding carboxylic acids is 2. The standard InChI is InChI=1S/C22H29N3O3/c1-15(2)24-22(27)25-20-11-7-10-17(12-20)21(26)23-13-18-8-5-6-9-19(18)14-28-16(3)4/h5-12,15-16H,13-14H2,1-4H3,(H,23,26)(H2,24,25,27).